The third kappa shape index (κ3) is 4.39. The zero-order valence-electron chi connectivity index (χ0n) is 16.1. The Labute approximate surface area is 181 Å². The molecule has 0 unspecified atom stereocenters. The van der Waals surface area contributed by atoms with Crippen molar-refractivity contribution in [2.24, 2.45) is 0 Å². The minimum Gasteiger partial charge on any atom is -0.322 e. The highest BCUT2D eigenvalue weighted by Crippen LogP contribution is 2.35. The molecule has 0 atom stereocenters. The average Bonchev–Trinajstić information content (AvgIpc) is 2.73. The zero-order valence-corrected chi connectivity index (χ0v) is 17.6. The molecule has 4 rings (SSSR count). The molecule has 0 saturated carbocycles. The molecular formula is C25H21Cl2NO. The summed E-state index contributed by atoms with van der Waals surface area (Å²) in [5.41, 5.74) is 7.36. The van der Waals surface area contributed by atoms with Crippen molar-refractivity contribution in [1.82, 2.24) is 0 Å². The molecule has 0 spiro atoms. The van der Waals surface area contributed by atoms with Gasteiger partial charge in [-0.1, -0.05) is 71.2 Å². The van der Waals surface area contributed by atoms with Gasteiger partial charge in [0.1, 0.15) is 0 Å². The Morgan fingerprint density at radius 2 is 1.72 bits per heavy atom. The fraction of sp³-hybridized carbons (Fsp3) is 0.160. The second-order valence-corrected chi connectivity index (χ2v) is 8.16. The molecule has 1 aliphatic carbocycles. The number of aryl methyl sites for hydroxylation is 1. The van der Waals surface area contributed by atoms with Crippen LogP contribution in [0.2, 0.25) is 10.0 Å². The minimum absolute atomic E-state index is 0.0943. The third-order valence-corrected chi connectivity index (χ3v) is 6.17. The van der Waals surface area contributed by atoms with Crippen molar-refractivity contribution in [3.8, 4) is 0 Å². The van der Waals surface area contributed by atoms with Gasteiger partial charge >= 0.3 is 0 Å². The van der Waals surface area contributed by atoms with Gasteiger partial charge < -0.3 is 5.32 Å². The predicted molar refractivity (Wildman–Crippen MR) is 122 cm³/mol. The van der Waals surface area contributed by atoms with Gasteiger partial charge in [0.2, 0.25) is 0 Å². The monoisotopic (exact) mass is 421 g/mol. The number of anilines is 1. The van der Waals surface area contributed by atoms with E-state index in [-0.39, 0.29) is 5.91 Å². The van der Waals surface area contributed by atoms with Crippen LogP contribution >= 0.6 is 23.2 Å². The molecule has 3 aromatic rings. The van der Waals surface area contributed by atoms with Gasteiger partial charge in [-0.2, -0.15) is 0 Å². The quantitative estimate of drug-likeness (QED) is 0.476. The Kier molecular flexibility index (Phi) is 5.75. The molecule has 1 N–H and O–H groups in total. The van der Waals surface area contributed by atoms with Crippen molar-refractivity contribution in [1.29, 1.82) is 0 Å². The van der Waals surface area contributed by atoms with Gasteiger partial charge in [0.05, 0.1) is 10.0 Å². The van der Waals surface area contributed by atoms with Crippen molar-refractivity contribution in [3.05, 3.63) is 104 Å². The number of hydrogen-bond donors (Lipinski definition) is 1. The number of amides is 1. The smallest absolute Gasteiger partial charge is 0.255 e. The number of carbonyl (C=O) groups is 1. The lowest BCUT2D eigenvalue weighted by molar-refractivity contribution is 0.102. The topological polar surface area (TPSA) is 29.1 Å². The maximum Gasteiger partial charge on any atom is 0.255 e. The van der Waals surface area contributed by atoms with Gasteiger partial charge in [-0.05, 0) is 72.7 Å². The number of hydrogen-bond acceptors (Lipinski definition) is 1. The van der Waals surface area contributed by atoms with Gasteiger partial charge in [-0.25, -0.2) is 0 Å². The fourth-order valence-electron chi connectivity index (χ4n) is 3.66. The highest BCUT2D eigenvalue weighted by molar-refractivity contribution is 6.42. The number of rotatable bonds is 4. The SMILES string of the molecule is Cc1ccccc1NC(=O)c1ccc(CC2=Cc3ccc(Cl)c(Cl)c3CC2)cc1. The molecule has 0 heterocycles. The number of carbonyl (C=O) groups excluding carboxylic acids is 1. The number of halogens is 2. The number of fused-ring (bicyclic) bond motifs is 1. The summed E-state index contributed by atoms with van der Waals surface area (Å²) in [7, 11) is 0. The fourth-order valence-corrected chi connectivity index (χ4v) is 4.10. The summed E-state index contributed by atoms with van der Waals surface area (Å²) in [6, 6.07) is 19.5. The molecule has 2 nitrogen and oxygen atoms in total. The van der Waals surface area contributed by atoms with Crippen LogP contribution < -0.4 is 5.32 Å². The van der Waals surface area contributed by atoms with E-state index in [1.807, 2.05) is 67.6 Å². The van der Waals surface area contributed by atoms with Crippen LogP contribution in [0.25, 0.3) is 6.08 Å². The molecule has 4 heteroatoms. The molecule has 1 aliphatic rings. The summed E-state index contributed by atoms with van der Waals surface area (Å²) in [6.07, 6.45) is 4.93. The lowest BCUT2D eigenvalue weighted by Gasteiger charge is -2.18. The summed E-state index contributed by atoms with van der Waals surface area (Å²) < 4.78 is 0. The number of allylic oxidation sites excluding steroid dienone is 1. The molecule has 1 amide bonds. The van der Waals surface area contributed by atoms with Crippen molar-refractivity contribution in [2.45, 2.75) is 26.2 Å². The van der Waals surface area contributed by atoms with E-state index < -0.39 is 0 Å². The standard InChI is InChI=1S/C25H21Cl2NO/c1-16-4-2-3-5-23(16)28-25(29)19-9-6-17(7-10-19)14-18-8-12-21-20(15-18)11-13-22(26)24(21)27/h2-7,9-11,13,15H,8,12,14H2,1H3,(H,28,29). The minimum atomic E-state index is -0.0943. The lowest BCUT2D eigenvalue weighted by atomic mass is 9.89. The van der Waals surface area contributed by atoms with E-state index in [0.29, 0.717) is 15.6 Å². The number of benzene rings is 3. The van der Waals surface area contributed by atoms with Crippen LogP contribution in [0, 0.1) is 6.92 Å². The van der Waals surface area contributed by atoms with E-state index >= 15 is 0 Å². The Bertz CT molecular complexity index is 1100. The van der Waals surface area contributed by atoms with E-state index in [0.717, 1.165) is 41.6 Å². The molecule has 0 aliphatic heterocycles. The van der Waals surface area contributed by atoms with Gasteiger partial charge in [-0.3, -0.25) is 4.79 Å². The van der Waals surface area contributed by atoms with Gasteiger partial charge in [0.25, 0.3) is 5.91 Å². The summed E-state index contributed by atoms with van der Waals surface area (Å²) in [5, 5.41) is 4.26. The van der Waals surface area contributed by atoms with Crippen LogP contribution in [0.5, 0.6) is 0 Å². The van der Waals surface area contributed by atoms with Crippen LogP contribution in [0.15, 0.2) is 66.2 Å². The Hall–Kier alpha value is -2.55. The van der Waals surface area contributed by atoms with Crippen LogP contribution in [0.3, 0.4) is 0 Å². The normalized spacial score (nSPS) is 12.9. The van der Waals surface area contributed by atoms with Crippen molar-refractivity contribution >= 4 is 40.9 Å². The van der Waals surface area contributed by atoms with Crippen LogP contribution in [0.1, 0.15) is 39.0 Å². The number of para-hydroxylation sites is 1. The maximum atomic E-state index is 12.5. The van der Waals surface area contributed by atoms with Crippen molar-refractivity contribution in [3.63, 3.8) is 0 Å². The second kappa shape index (κ2) is 8.44. The molecule has 0 bridgehead atoms. The van der Waals surface area contributed by atoms with Gasteiger partial charge in [-0.15, -0.1) is 0 Å². The Balaban J connectivity index is 1.46. The third-order valence-electron chi connectivity index (χ3n) is 5.33. The van der Waals surface area contributed by atoms with Gasteiger partial charge in [0, 0.05) is 11.3 Å². The maximum absolute atomic E-state index is 12.5. The molecule has 0 saturated heterocycles. The summed E-state index contributed by atoms with van der Waals surface area (Å²) >= 11 is 12.5. The van der Waals surface area contributed by atoms with Crippen molar-refractivity contribution < 1.29 is 4.79 Å². The first kappa shape index (κ1) is 19.8. The molecule has 0 fully saturated rings. The molecule has 146 valence electrons. The first-order chi connectivity index (χ1) is 14.0. The molecule has 0 aromatic heterocycles. The summed E-state index contributed by atoms with van der Waals surface area (Å²) in [4.78, 5) is 12.5. The van der Waals surface area contributed by atoms with E-state index in [1.54, 1.807) is 0 Å². The molecule has 3 aromatic carbocycles. The lowest BCUT2D eigenvalue weighted by Crippen LogP contribution is -2.12. The van der Waals surface area contributed by atoms with Crippen LogP contribution in [-0.4, -0.2) is 5.91 Å². The molecule has 0 radical (unpaired) electrons. The van der Waals surface area contributed by atoms with E-state index in [4.69, 9.17) is 23.2 Å². The largest absolute Gasteiger partial charge is 0.322 e. The Morgan fingerprint density at radius 1 is 0.966 bits per heavy atom. The summed E-state index contributed by atoms with van der Waals surface area (Å²) in [5.74, 6) is -0.0943. The van der Waals surface area contributed by atoms with E-state index in [2.05, 4.69) is 11.4 Å². The average molecular weight is 422 g/mol. The highest BCUT2D eigenvalue weighted by Gasteiger charge is 2.16. The zero-order chi connectivity index (χ0) is 20.4. The van der Waals surface area contributed by atoms with E-state index in [1.165, 1.54) is 11.1 Å². The highest BCUT2D eigenvalue weighted by atomic mass is 35.5. The predicted octanol–water partition coefficient (Wildman–Crippen LogP) is 7.13. The number of nitrogens with one attached hydrogen (secondary N) is 1. The summed E-state index contributed by atoms with van der Waals surface area (Å²) in [6.45, 7) is 1.98. The first-order valence-corrected chi connectivity index (χ1v) is 10.4. The van der Waals surface area contributed by atoms with E-state index in [9.17, 15) is 4.79 Å². The molecule has 29 heavy (non-hydrogen) atoms. The second-order valence-electron chi connectivity index (χ2n) is 7.37. The van der Waals surface area contributed by atoms with Gasteiger partial charge in [0.15, 0.2) is 0 Å². The first-order valence-electron chi connectivity index (χ1n) is 9.63. The Morgan fingerprint density at radius 3 is 2.48 bits per heavy atom. The van der Waals surface area contributed by atoms with Crippen LogP contribution in [0.4, 0.5) is 5.69 Å². The van der Waals surface area contributed by atoms with Crippen LogP contribution in [-0.2, 0) is 12.8 Å². The molecular weight excluding hydrogens is 401 g/mol. The van der Waals surface area contributed by atoms with Crippen molar-refractivity contribution in [2.75, 3.05) is 5.32 Å².